The van der Waals surface area contributed by atoms with Crippen molar-refractivity contribution in [3.8, 4) is 28.6 Å². The van der Waals surface area contributed by atoms with Gasteiger partial charge in [0, 0.05) is 32.9 Å². The number of nitriles is 1. The van der Waals surface area contributed by atoms with Crippen molar-refractivity contribution in [1.29, 1.82) is 5.26 Å². The maximum atomic E-state index is 11.1. The molecule has 0 unspecified atom stereocenters. The molecule has 0 fully saturated rings. The minimum Gasteiger partial charge on any atom is -0.477 e. The molecule has 0 aliphatic carbocycles. The van der Waals surface area contributed by atoms with E-state index in [9.17, 15) is 4.79 Å². The quantitative estimate of drug-likeness (QED) is 0.116. The van der Waals surface area contributed by atoms with Crippen LogP contribution < -0.4 is 0 Å². The number of carboxylic acids is 1. The molecule has 2 heterocycles. The number of hydrogen-bond donors (Lipinski definition) is 1. The zero-order valence-electron chi connectivity index (χ0n) is 25.2. The van der Waals surface area contributed by atoms with Gasteiger partial charge in [-0.25, -0.2) is 4.79 Å². The lowest BCUT2D eigenvalue weighted by molar-refractivity contribution is -0.132. The number of nitrogens with zero attached hydrogens (tertiary/aromatic N) is 3. The van der Waals surface area contributed by atoms with Crippen LogP contribution in [0.4, 0.5) is 0 Å². The summed E-state index contributed by atoms with van der Waals surface area (Å²) in [4.78, 5) is 11.1. The number of carboxylic acid groups (broad SMARTS) is 1. The number of benzene rings is 6. The van der Waals surface area contributed by atoms with Crippen molar-refractivity contribution >= 4 is 55.7 Å². The van der Waals surface area contributed by atoms with Crippen LogP contribution in [0.15, 0.2) is 157 Å². The lowest BCUT2D eigenvalue weighted by Gasteiger charge is -2.11. The van der Waals surface area contributed by atoms with Crippen molar-refractivity contribution in [3.63, 3.8) is 0 Å². The van der Waals surface area contributed by atoms with Gasteiger partial charge in [-0.3, -0.25) is 0 Å². The van der Waals surface area contributed by atoms with Gasteiger partial charge in [0.05, 0.1) is 22.1 Å². The summed E-state index contributed by atoms with van der Waals surface area (Å²) < 4.78 is 4.60. The monoisotopic (exact) mass is 605 g/mol. The van der Waals surface area contributed by atoms with Crippen molar-refractivity contribution in [2.75, 3.05) is 0 Å². The molecule has 1 N–H and O–H groups in total. The molecule has 0 amide bonds. The molecule has 5 heteroatoms. The van der Waals surface area contributed by atoms with Crippen molar-refractivity contribution in [2.45, 2.75) is 0 Å². The van der Waals surface area contributed by atoms with Gasteiger partial charge >= 0.3 is 5.97 Å². The number of para-hydroxylation sites is 3. The summed E-state index contributed by atoms with van der Waals surface area (Å²) in [6, 6.07) is 50.8. The summed E-state index contributed by atoms with van der Waals surface area (Å²) in [5.74, 6) is -1.24. The normalized spacial score (nSPS) is 12.0. The average molecular weight is 606 g/mol. The van der Waals surface area contributed by atoms with E-state index in [0.29, 0.717) is 0 Å². The van der Waals surface area contributed by atoms with E-state index >= 15 is 0 Å². The summed E-state index contributed by atoms with van der Waals surface area (Å²) >= 11 is 0. The summed E-state index contributed by atoms with van der Waals surface area (Å²) in [6.45, 7) is 0. The second-order valence-electron chi connectivity index (χ2n) is 11.4. The van der Waals surface area contributed by atoms with E-state index < -0.39 is 5.97 Å². The van der Waals surface area contributed by atoms with Crippen molar-refractivity contribution in [2.24, 2.45) is 0 Å². The number of aliphatic carboxylic acids is 1. The van der Waals surface area contributed by atoms with Gasteiger partial charge < -0.3 is 14.2 Å². The molecule has 2 aromatic heterocycles. The van der Waals surface area contributed by atoms with Crippen LogP contribution in [0, 0.1) is 11.3 Å². The van der Waals surface area contributed by atoms with E-state index in [4.69, 9.17) is 10.4 Å². The van der Waals surface area contributed by atoms with Gasteiger partial charge in [-0.2, -0.15) is 5.26 Å². The first-order valence-corrected chi connectivity index (χ1v) is 15.3. The lowest BCUT2D eigenvalue weighted by atomic mass is 10.0. The van der Waals surface area contributed by atoms with E-state index in [-0.39, 0.29) is 5.57 Å². The first-order valence-electron chi connectivity index (χ1n) is 15.3. The van der Waals surface area contributed by atoms with E-state index in [1.54, 1.807) is 12.1 Å². The summed E-state index contributed by atoms with van der Waals surface area (Å²) in [6.07, 6.45) is 4.73. The molecule has 8 rings (SSSR count). The molecule has 0 radical (unpaired) electrons. The van der Waals surface area contributed by atoms with Crippen LogP contribution in [-0.2, 0) is 4.79 Å². The Bertz CT molecular complexity index is 2540. The largest absolute Gasteiger partial charge is 0.477 e. The van der Waals surface area contributed by atoms with Gasteiger partial charge in [0.2, 0.25) is 0 Å². The predicted molar refractivity (Wildman–Crippen MR) is 191 cm³/mol. The molecule has 0 aliphatic heterocycles. The molecule has 8 aromatic rings. The van der Waals surface area contributed by atoms with E-state index in [0.717, 1.165) is 49.9 Å². The Hall–Kier alpha value is -6.64. The Balaban J connectivity index is 1.14. The molecule has 0 saturated heterocycles. The molecule has 222 valence electrons. The highest BCUT2D eigenvalue weighted by Gasteiger charge is 2.14. The van der Waals surface area contributed by atoms with Crippen LogP contribution >= 0.6 is 0 Å². The fourth-order valence-electron chi connectivity index (χ4n) is 6.59. The zero-order valence-corrected chi connectivity index (χ0v) is 25.2. The van der Waals surface area contributed by atoms with Gasteiger partial charge in [-0.15, -0.1) is 0 Å². The predicted octanol–water partition coefficient (Wildman–Crippen LogP) is 10.1. The fourth-order valence-corrected chi connectivity index (χ4v) is 6.59. The summed E-state index contributed by atoms with van der Waals surface area (Å²) in [5, 5.41) is 22.8. The number of fused-ring (bicyclic) bond motifs is 6. The van der Waals surface area contributed by atoms with Crippen molar-refractivity contribution in [3.05, 3.63) is 163 Å². The minimum atomic E-state index is -1.24. The third-order valence-corrected chi connectivity index (χ3v) is 8.76. The molecule has 0 saturated carbocycles. The standard InChI is InChI=1S/C42H27N3O2/c43-27-31(42(46)47)9-7-8-28-16-25-41-37(26-28)36-12-3-6-15-40(36)45(41)33-23-19-30(20-24-33)29-17-21-32(22-18-29)44-38-13-4-1-10-34(38)35-11-2-5-14-39(35)44/h1-26H,(H,46,47). The molecular weight excluding hydrogens is 578 g/mol. The molecule has 6 aromatic carbocycles. The summed E-state index contributed by atoms with van der Waals surface area (Å²) in [5.41, 5.74) is 9.67. The molecule has 47 heavy (non-hydrogen) atoms. The van der Waals surface area contributed by atoms with Crippen LogP contribution in [-0.4, -0.2) is 20.2 Å². The van der Waals surface area contributed by atoms with Crippen LogP contribution in [0.25, 0.3) is 72.2 Å². The topological polar surface area (TPSA) is 71.0 Å². The van der Waals surface area contributed by atoms with E-state index in [1.807, 2.05) is 24.3 Å². The highest BCUT2D eigenvalue weighted by Crippen LogP contribution is 2.35. The number of aromatic nitrogens is 2. The van der Waals surface area contributed by atoms with Gasteiger partial charge in [-0.05, 0) is 77.4 Å². The van der Waals surface area contributed by atoms with Crippen LogP contribution in [0.5, 0.6) is 0 Å². The molecule has 0 atom stereocenters. The molecule has 0 aliphatic rings. The SMILES string of the molecule is N#CC(=CC=Cc1ccc2c(c1)c1ccccc1n2-c1ccc(-c2ccc(-n3c4ccccc4c4ccccc43)cc2)cc1)C(=O)O. The summed E-state index contributed by atoms with van der Waals surface area (Å²) in [7, 11) is 0. The van der Waals surface area contributed by atoms with Gasteiger partial charge in [0.1, 0.15) is 11.6 Å². The maximum Gasteiger partial charge on any atom is 0.346 e. The number of hydrogen-bond acceptors (Lipinski definition) is 2. The first kappa shape index (κ1) is 27.9. The average Bonchev–Trinajstić information content (AvgIpc) is 3.63. The maximum absolute atomic E-state index is 11.1. The van der Waals surface area contributed by atoms with E-state index in [1.165, 1.54) is 27.9 Å². The fraction of sp³-hybridized carbons (Fsp3) is 0. The Labute approximate surface area is 270 Å². The molecule has 5 nitrogen and oxygen atoms in total. The Kier molecular flexibility index (Phi) is 6.75. The zero-order chi connectivity index (χ0) is 31.9. The van der Waals surface area contributed by atoms with Crippen molar-refractivity contribution < 1.29 is 9.90 Å². The van der Waals surface area contributed by atoms with Gasteiger partial charge in [-0.1, -0.05) is 97.1 Å². The molecule has 0 spiro atoms. The first-order chi connectivity index (χ1) is 23.1. The Morgan fingerprint density at radius 3 is 1.49 bits per heavy atom. The minimum absolute atomic E-state index is 0.304. The van der Waals surface area contributed by atoms with Crippen LogP contribution in [0.3, 0.4) is 0 Å². The molecule has 0 bridgehead atoms. The molecular formula is C42H27N3O2. The van der Waals surface area contributed by atoms with E-state index in [2.05, 4.69) is 130 Å². The third kappa shape index (κ3) is 4.77. The van der Waals surface area contributed by atoms with Crippen molar-refractivity contribution in [1.82, 2.24) is 9.13 Å². The lowest BCUT2D eigenvalue weighted by Crippen LogP contribution is -1.96. The second kappa shape index (κ2) is 11.4. The van der Waals surface area contributed by atoms with Crippen LogP contribution in [0.1, 0.15) is 5.56 Å². The highest BCUT2D eigenvalue weighted by molar-refractivity contribution is 6.10. The number of rotatable bonds is 6. The second-order valence-corrected chi connectivity index (χ2v) is 11.4. The smallest absolute Gasteiger partial charge is 0.346 e. The number of allylic oxidation sites excluding steroid dienone is 2. The van der Waals surface area contributed by atoms with Crippen LogP contribution in [0.2, 0.25) is 0 Å². The Morgan fingerprint density at radius 2 is 1.02 bits per heavy atom. The van der Waals surface area contributed by atoms with Gasteiger partial charge in [0.15, 0.2) is 0 Å². The van der Waals surface area contributed by atoms with Gasteiger partial charge in [0.25, 0.3) is 0 Å². The highest BCUT2D eigenvalue weighted by atomic mass is 16.4. The number of carbonyl (C=O) groups is 1. The third-order valence-electron chi connectivity index (χ3n) is 8.76. The Morgan fingerprint density at radius 1 is 0.574 bits per heavy atom.